The van der Waals surface area contributed by atoms with E-state index < -0.39 is 5.76 Å². The number of fused-ring (bicyclic) bond motifs is 1. The summed E-state index contributed by atoms with van der Waals surface area (Å²) in [5.74, 6) is 0.148. The highest BCUT2D eigenvalue weighted by Crippen LogP contribution is 2.28. The van der Waals surface area contributed by atoms with Crippen molar-refractivity contribution in [3.63, 3.8) is 0 Å². The number of rotatable bonds is 4. The maximum Gasteiger partial charge on any atom is 0.420 e. The summed E-state index contributed by atoms with van der Waals surface area (Å²) in [5.41, 5.74) is 1.97. The van der Waals surface area contributed by atoms with Crippen molar-refractivity contribution < 1.29 is 13.9 Å². The Morgan fingerprint density at radius 3 is 2.64 bits per heavy atom. The van der Waals surface area contributed by atoms with Gasteiger partial charge in [0, 0.05) is 37.3 Å². The number of amides is 1. The van der Waals surface area contributed by atoms with Crippen molar-refractivity contribution in [2.45, 2.75) is 6.54 Å². The molecule has 7 nitrogen and oxygen atoms in total. The fourth-order valence-electron chi connectivity index (χ4n) is 3.51. The molecule has 0 radical (unpaired) electrons. The van der Waals surface area contributed by atoms with Gasteiger partial charge in [0.25, 0.3) is 0 Å². The minimum absolute atomic E-state index is 0.0534. The van der Waals surface area contributed by atoms with Gasteiger partial charge in [0.05, 0.1) is 18.3 Å². The SMILES string of the molecule is COc1ccccc1N1CCN(C(=O)Cn2c(=O)oc3cc(Cl)ccc32)CC1. The van der Waals surface area contributed by atoms with E-state index in [4.69, 9.17) is 20.8 Å². The molecule has 0 aliphatic carbocycles. The Hall–Kier alpha value is -2.93. The molecule has 2 heterocycles. The number of hydrogen-bond donors (Lipinski definition) is 0. The van der Waals surface area contributed by atoms with Crippen LogP contribution in [0.5, 0.6) is 5.75 Å². The number of para-hydroxylation sites is 2. The third kappa shape index (κ3) is 3.45. The zero-order valence-corrected chi connectivity index (χ0v) is 16.2. The van der Waals surface area contributed by atoms with E-state index in [2.05, 4.69) is 4.90 Å². The van der Waals surface area contributed by atoms with Gasteiger partial charge in [-0.1, -0.05) is 23.7 Å². The van der Waals surface area contributed by atoms with Crippen LogP contribution < -0.4 is 15.4 Å². The van der Waals surface area contributed by atoms with Gasteiger partial charge in [0.1, 0.15) is 12.3 Å². The third-order valence-electron chi connectivity index (χ3n) is 4.98. The molecule has 0 unspecified atom stereocenters. The van der Waals surface area contributed by atoms with Crippen LogP contribution in [0, 0.1) is 0 Å². The second kappa shape index (κ2) is 7.59. The van der Waals surface area contributed by atoms with E-state index in [9.17, 15) is 9.59 Å². The Kier molecular flexibility index (Phi) is 5.00. The molecule has 1 aliphatic heterocycles. The average molecular weight is 402 g/mol. The number of benzene rings is 2. The predicted molar refractivity (Wildman–Crippen MR) is 107 cm³/mol. The summed E-state index contributed by atoms with van der Waals surface area (Å²) in [6.07, 6.45) is 0. The summed E-state index contributed by atoms with van der Waals surface area (Å²) < 4.78 is 12.0. The number of halogens is 1. The van der Waals surface area contributed by atoms with Crippen molar-refractivity contribution in [3.8, 4) is 5.75 Å². The minimum atomic E-state index is -0.557. The molecule has 8 heteroatoms. The number of hydrogen-bond acceptors (Lipinski definition) is 5. The van der Waals surface area contributed by atoms with Crippen LogP contribution in [-0.4, -0.2) is 48.7 Å². The molecule has 1 saturated heterocycles. The number of nitrogens with zero attached hydrogens (tertiary/aromatic N) is 3. The van der Waals surface area contributed by atoms with Gasteiger partial charge in [-0.25, -0.2) is 4.79 Å². The lowest BCUT2D eigenvalue weighted by Gasteiger charge is -2.36. The highest BCUT2D eigenvalue weighted by atomic mass is 35.5. The Morgan fingerprint density at radius 2 is 1.89 bits per heavy atom. The Morgan fingerprint density at radius 1 is 1.14 bits per heavy atom. The van der Waals surface area contributed by atoms with E-state index in [0.717, 1.165) is 11.4 Å². The van der Waals surface area contributed by atoms with Crippen LogP contribution >= 0.6 is 11.6 Å². The van der Waals surface area contributed by atoms with Gasteiger partial charge in [-0.15, -0.1) is 0 Å². The number of anilines is 1. The molecule has 1 fully saturated rings. The number of aromatic nitrogens is 1. The molecule has 1 amide bonds. The lowest BCUT2D eigenvalue weighted by molar-refractivity contribution is -0.132. The Balaban J connectivity index is 1.45. The lowest BCUT2D eigenvalue weighted by Crippen LogP contribution is -2.50. The van der Waals surface area contributed by atoms with Gasteiger partial charge in [-0.2, -0.15) is 0 Å². The summed E-state index contributed by atoms with van der Waals surface area (Å²) in [4.78, 5) is 28.9. The first-order valence-corrected chi connectivity index (χ1v) is 9.39. The standard InChI is InChI=1S/C20H20ClN3O4/c1-27-17-5-3-2-4-15(17)22-8-10-23(11-9-22)19(25)13-24-16-7-6-14(21)12-18(16)28-20(24)26/h2-7,12H,8-11,13H2,1H3. The predicted octanol–water partition coefficient (Wildman–Crippen LogP) is 2.61. The summed E-state index contributed by atoms with van der Waals surface area (Å²) in [6.45, 7) is 2.49. The van der Waals surface area contributed by atoms with E-state index in [1.54, 1.807) is 30.2 Å². The Labute approximate surface area is 166 Å². The molecule has 28 heavy (non-hydrogen) atoms. The van der Waals surface area contributed by atoms with Gasteiger partial charge < -0.3 is 19.0 Å². The molecular weight excluding hydrogens is 382 g/mol. The van der Waals surface area contributed by atoms with Crippen molar-refractivity contribution >= 4 is 34.3 Å². The first-order valence-electron chi connectivity index (χ1n) is 9.01. The highest BCUT2D eigenvalue weighted by Gasteiger charge is 2.24. The average Bonchev–Trinajstić information content (AvgIpc) is 3.02. The first kappa shape index (κ1) is 18.4. The third-order valence-corrected chi connectivity index (χ3v) is 5.22. The maximum atomic E-state index is 12.7. The molecule has 1 aromatic heterocycles. The molecular formula is C20H20ClN3O4. The second-order valence-electron chi connectivity index (χ2n) is 6.61. The fraction of sp³-hybridized carbons (Fsp3) is 0.300. The van der Waals surface area contributed by atoms with Crippen LogP contribution in [0.4, 0.5) is 5.69 Å². The number of methoxy groups -OCH3 is 1. The summed E-state index contributed by atoms with van der Waals surface area (Å²) in [7, 11) is 1.65. The van der Waals surface area contributed by atoms with Crippen LogP contribution in [0.2, 0.25) is 5.02 Å². The van der Waals surface area contributed by atoms with E-state index >= 15 is 0 Å². The molecule has 0 N–H and O–H groups in total. The van der Waals surface area contributed by atoms with Crippen molar-refractivity contribution in [2.24, 2.45) is 0 Å². The molecule has 0 spiro atoms. The van der Waals surface area contributed by atoms with Crippen molar-refractivity contribution in [1.29, 1.82) is 0 Å². The molecule has 0 bridgehead atoms. The molecule has 1 aliphatic rings. The number of carbonyl (C=O) groups excluding carboxylic acids is 1. The first-order chi connectivity index (χ1) is 13.6. The maximum absolute atomic E-state index is 12.7. The van der Waals surface area contributed by atoms with E-state index in [-0.39, 0.29) is 12.5 Å². The van der Waals surface area contributed by atoms with Crippen LogP contribution in [0.15, 0.2) is 51.7 Å². The van der Waals surface area contributed by atoms with Crippen LogP contribution in [0.25, 0.3) is 11.1 Å². The minimum Gasteiger partial charge on any atom is -0.495 e. The number of oxazole rings is 1. The van der Waals surface area contributed by atoms with Crippen molar-refractivity contribution in [3.05, 3.63) is 58.0 Å². The van der Waals surface area contributed by atoms with Gasteiger partial charge >= 0.3 is 5.76 Å². The van der Waals surface area contributed by atoms with Gasteiger partial charge in [0.2, 0.25) is 5.91 Å². The quantitative estimate of drug-likeness (QED) is 0.672. The summed E-state index contributed by atoms with van der Waals surface area (Å²) >= 11 is 5.93. The molecule has 0 atom stereocenters. The molecule has 0 saturated carbocycles. The smallest absolute Gasteiger partial charge is 0.420 e. The van der Waals surface area contributed by atoms with Crippen molar-refractivity contribution in [1.82, 2.24) is 9.47 Å². The zero-order chi connectivity index (χ0) is 19.7. The number of ether oxygens (including phenoxy) is 1. The fourth-order valence-corrected chi connectivity index (χ4v) is 3.68. The van der Waals surface area contributed by atoms with Gasteiger partial charge in [-0.05, 0) is 24.3 Å². The van der Waals surface area contributed by atoms with E-state index in [1.165, 1.54) is 4.57 Å². The summed E-state index contributed by atoms with van der Waals surface area (Å²) in [5, 5.41) is 0.479. The molecule has 146 valence electrons. The summed E-state index contributed by atoms with van der Waals surface area (Å²) in [6, 6.07) is 12.8. The molecule has 2 aromatic carbocycles. The van der Waals surface area contributed by atoms with E-state index in [0.29, 0.717) is 42.3 Å². The topological polar surface area (TPSA) is 67.9 Å². The lowest BCUT2D eigenvalue weighted by atomic mass is 10.2. The van der Waals surface area contributed by atoms with Crippen molar-refractivity contribution in [2.75, 3.05) is 38.2 Å². The number of piperazine rings is 1. The normalized spacial score (nSPS) is 14.5. The monoisotopic (exact) mass is 401 g/mol. The largest absolute Gasteiger partial charge is 0.495 e. The highest BCUT2D eigenvalue weighted by molar-refractivity contribution is 6.31. The second-order valence-corrected chi connectivity index (χ2v) is 7.04. The zero-order valence-electron chi connectivity index (χ0n) is 15.4. The van der Waals surface area contributed by atoms with Gasteiger partial charge in [0.15, 0.2) is 5.58 Å². The van der Waals surface area contributed by atoms with Gasteiger partial charge in [-0.3, -0.25) is 9.36 Å². The molecule has 3 aromatic rings. The number of carbonyl (C=O) groups is 1. The van der Waals surface area contributed by atoms with Crippen LogP contribution in [0.1, 0.15) is 0 Å². The van der Waals surface area contributed by atoms with E-state index in [1.807, 2.05) is 24.3 Å². The Bertz CT molecular complexity index is 1070. The van der Waals surface area contributed by atoms with Crippen LogP contribution in [-0.2, 0) is 11.3 Å². The van der Waals surface area contributed by atoms with Crippen LogP contribution in [0.3, 0.4) is 0 Å². The molecule has 4 rings (SSSR count).